The second-order valence-corrected chi connectivity index (χ2v) is 9.50. The van der Waals surface area contributed by atoms with Crippen molar-refractivity contribution in [2.75, 3.05) is 25.0 Å². The molecule has 2 heterocycles. The Morgan fingerprint density at radius 1 is 1.24 bits per heavy atom. The minimum Gasteiger partial charge on any atom is -0.376 e. The summed E-state index contributed by atoms with van der Waals surface area (Å²) in [6.07, 6.45) is 1.99. The highest BCUT2D eigenvalue weighted by Crippen LogP contribution is 2.26. The van der Waals surface area contributed by atoms with Gasteiger partial charge in [-0.3, -0.25) is 9.59 Å². The van der Waals surface area contributed by atoms with E-state index in [9.17, 15) is 9.59 Å². The van der Waals surface area contributed by atoms with E-state index in [2.05, 4.69) is 15.6 Å². The molecule has 1 aromatic heterocycles. The van der Waals surface area contributed by atoms with Crippen LogP contribution in [-0.4, -0.2) is 47.5 Å². The Kier molecular flexibility index (Phi) is 8.16. The zero-order chi connectivity index (χ0) is 23.9. The Balaban J connectivity index is 1.45. The van der Waals surface area contributed by atoms with Gasteiger partial charge in [0.25, 0.3) is 5.91 Å². The predicted molar refractivity (Wildman–Crippen MR) is 135 cm³/mol. The number of aryl methyl sites for hydroxylation is 1. The van der Waals surface area contributed by atoms with E-state index < -0.39 is 0 Å². The van der Waals surface area contributed by atoms with Gasteiger partial charge in [-0.25, -0.2) is 4.98 Å². The number of aromatic nitrogens is 1. The van der Waals surface area contributed by atoms with E-state index in [-0.39, 0.29) is 30.2 Å². The van der Waals surface area contributed by atoms with Gasteiger partial charge in [0.05, 0.1) is 6.10 Å². The maximum Gasteiger partial charge on any atom is 0.274 e. The molecule has 9 heteroatoms. The van der Waals surface area contributed by atoms with Crippen LogP contribution in [0.2, 0.25) is 5.02 Å². The molecule has 1 aliphatic heterocycles. The molecular weight excluding hydrogens is 472 g/mol. The first-order chi connectivity index (χ1) is 16.5. The largest absolute Gasteiger partial charge is 0.376 e. The van der Waals surface area contributed by atoms with Crippen molar-refractivity contribution in [3.63, 3.8) is 0 Å². The average Bonchev–Trinajstić information content (AvgIpc) is 3.52. The van der Waals surface area contributed by atoms with Crippen molar-refractivity contribution in [1.29, 1.82) is 0 Å². The van der Waals surface area contributed by atoms with Crippen LogP contribution in [0.15, 0.2) is 53.9 Å². The van der Waals surface area contributed by atoms with Crippen LogP contribution in [0.3, 0.4) is 0 Å². The fourth-order valence-corrected chi connectivity index (χ4v) is 4.57. The minimum atomic E-state index is -0.303. The second-order valence-electron chi connectivity index (χ2n) is 8.21. The number of carbonyl (C=O) groups excluding carboxylic acids is 2. The van der Waals surface area contributed by atoms with Gasteiger partial charge in [0, 0.05) is 35.8 Å². The van der Waals surface area contributed by atoms with Crippen molar-refractivity contribution in [2.24, 2.45) is 0 Å². The third-order valence-corrected chi connectivity index (χ3v) is 6.55. The summed E-state index contributed by atoms with van der Waals surface area (Å²) in [6.45, 7) is 3.40. The highest BCUT2D eigenvalue weighted by molar-refractivity contribution is 7.14. The van der Waals surface area contributed by atoms with Crippen molar-refractivity contribution < 1.29 is 14.3 Å². The lowest BCUT2D eigenvalue weighted by atomic mass is 10.2. The number of amides is 2. The Bertz CT molecular complexity index is 1130. The van der Waals surface area contributed by atoms with Gasteiger partial charge in [-0.05, 0) is 43.0 Å². The number of benzene rings is 2. The number of rotatable bonds is 9. The molecule has 34 heavy (non-hydrogen) atoms. The van der Waals surface area contributed by atoms with Crippen LogP contribution < -0.4 is 10.6 Å². The lowest BCUT2D eigenvalue weighted by Crippen LogP contribution is -2.42. The van der Waals surface area contributed by atoms with E-state index in [1.54, 1.807) is 5.38 Å². The van der Waals surface area contributed by atoms with Gasteiger partial charge in [-0.1, -0.05) is 48.0 Å². The molecule has 1 atom stereocenters. The zero-order valence-corrected chi connectivity index (χ0v) is 20.5. The fourth-order valence-electron chi connectivity index (χ4n) is 3.70. The Morgan fingerprint density at radius 2 is 2.06 bits per heavy atom. The van der Waals surface area contributed by atoms with E-state index in [0.29, 0.717) is 23.2 Å². The third-order valence-electron chi connectivity index (χ3n) is 5.55. The second kappa shape index (κ2) is 11.5. The molecule has 4 rings (SSSR count). The van der Waals surface area contributed by atoms with Crippen LogP contribution in [0.5, 0.6) is 0 Å². The molecule has 0 unspecified atom stereocenters. The van der Waals surface area contributed by atoms with Crippen LogP contribution in [-0.2, 0) is 16.1 Å². The number of ether oxygens (including phenoxy) is 1. The summed E-state index contributed by atoms with van der Waals surface area (Å²) >= 11 is 7.44. The molecule has 0 bridgehead atoms. The molecule has 1 aliphatic rings. The van der Waals surface area contributed by atoms with Crippen molar-refractivity contribution >= 4 is 45.6 Å². The zero-order valence-electron chi connectivity index (χ0n) is 18.9. The number of anilines is 2. The Morgan fingerprint density at radius 3 is 2.82 bits per heavy atom. The van der Waals surface area contributed by atoms with Gasteiger partial charge in [0.15, 0.2) is 5.13 Å². The minimum absolute atomic E-state index is 0.0457. The standard InChI is InChI=1S/C25H27ClN4O3S/c1-17-9-10-19(26)12-21(17)28-25-29-22(16-34-25)24(32)30(14-18-6-3-2-4-7-18)15-23(31)27-13-20-8-5-11-33-20/h2-4,6-7,9-10,12,16,20H,5,8,11,13-15H2,1H3,(H,27,31)(H,28,29)/t20-/m1/s1. The number of thiazole rings is 1. The van der Waals surface area contributed by atoms with Crippen molar-refractivity contribution in [2.45, 2.75) is 32.4 Å². The van der Waals surface area contributed by atoms with Gasteiger partial charge < -0.3 is 20.3 Å². The molecule has 2 N–H and O–H groups in total. The highest BCUT2D eigenvalue weighted by atomic mass is 35.5. The molecule has 0 aliphatic carbocycles. The van der Waals surface area contributed by atoms with Crippen LogP contribution in [0.4, 0.5) is 10.8 Å². The normalized spacial score (nSPS) is 15.2. The number of hydrogen-bond donors (Lipinski definition) is 2. The van der Waals surface area contributed by atoms with Crippen molar-refractivity contribution in [3.05, 3.63) is 75.8 Å². The highest BCUT2D eigenvalue weighted by Gasteiger charge is 2.23. The number of carbonyl (C=O) groups is 2. The van der Waals surface area contributed by atoms with Crippen molar-refractivity contribution in [3.8, 4) is 0 Å². The number of nitrogens with zero attached hydrogens (tertiary/aromatic N) is 2. The number of hydrogen-bond acceptors (Lipinski definition) is 6. The first kappa shape index (κ1) is 24.2. The van der Waals surface area contributed by atoms with Gasteiger partial charge in [0.1, 0.15) is 12.2 Å². The molecule has 0 radical (unpaired) electrons. The monoisotopic (exact) mass is 498 g/mol. The average molecular weight is 499 g/mol. The predicted octanol–water partition coefficient (Wildman–Crippen LogP) is 4.79. The Labute approximate surface area is 208 Å². The molecule has 1 saturated heterocycles. The van der Waals surface area contributed by atoms with E-state index in [0.717, 1.165) is 36.3 Å². The number of halogens is 1. The molecule has 7 nitrogen and oxygen atoms in total. The van der Waals surface area contributed by atoms with E-state index in [1.165, 1.54) is 16.2 Å². The first-order valence-corrected chi connectivity index (χ1v) is 12.4. The number of nitrogens with one attached hydrogen (secondary N) is 2. The fraction of sp³-hybridized carbons (Fsp3) is 0.320. The maximum atomic E-state index is 13.3. The van der Waals surface area contributed by atoms with Crippen LogP contribution in [0, 0.1) is 6.92 Å². The van der Waals surface area contributed by atoms with Gasteiger partial charge in [-0.15, -0.1) is 11.3 Å². The smallest absolute Gasteiger partial charge is 0.274 e. The lowest BCUT2D eigenvalue weighted by Gasteiger charge is -2.22. The first-order valence-electron chi connectivity index (χ1n) is 11.2. The summed E-state index contributed by atoms with van der Waals surface area (Å²) in [5.41, 5.74) is 3.07. The summed E-state index contributed by atoms with van der Waals surface area (Å²) in [4.78, 5) is 32.0. The molecule has 2 aromatic carbocycles. The summed E-state index contributed by atoms with van der Waals surface area (Å²) in [6, 6.07) is 15.2. The van der Waals surface area contributed by atoms with Crippen LogP contribution in [0.1, 0.15) is 34.5 Å². The molecular formula is C25H27ClN4O3S. The molecule has 178 valence electrons. The Hall–Kier alpha value is -2.94. The molecule has 0 saturated carbocycles. The van der Waals surface area contributed by atoms with Gasteiger partial charge >= 0.3 is 0 Å². The molecule has 3 aromatic rings. The van der Waals surface area contributed by atoms with Gasteiger partial charge in [-0.2, -0.15) is 0 Å². The quantitative estimate of drug-likeness (QED) is 0.443. The van der Waals surface area contributed by atoms with Crippen molar-refractivity contribution in [1.82, 2.24) is 15.2 Å². The van der Waals surface area contributed by atoms with Crippen LogP contribution >= 0.6 is 22.9 Å². The molecule has 1 fully saturated rings. The topological polar surface area (TPSA) is 83.6 Å². The molecule has 2 amide bonds. The van der Waals surface area contributed by atoms with Gasteiger partial charge in [0.2, 0.25) is 5.91 Å². The summed E-state index contributed by atoms with van der Waals surface area (Å²) in [5, 5.41) is 9.02. The summed E-state index contributed by atoms with van der Waals surface area (Å²) in [7, 11) is 0. The SMILES string of the molecule is Cc1ccc(Cl)cc1Nc1nc(C(=O)N(CC(=O)NC[C@H]2CCCO2)Cc2ccccc2)cs1. The summed E-state index contributed by atoms with van der Waals surface area (Å²) < 4.78 is 5.57. The van der Waals surface area contributed by atoms with E-state index >= 15 is 0 Å². The third kappa shape index (κ3) is 6.56. The van der Waals surface area contributed by atoms with Crippen LogP contribution in [0.25, 0.3) is 0 Å². The summed E-state index contributed by atoms with van der Waals surface area (Å²) in [5.74, 6) is -0.522. The molecule has 0 spiro atoms. The maximum absolute atomic E-state index is 13.3. The van der Waals surface area contributed by atoms with E-state index in [4.69, 9.17) is 16.3 Å². The lowest BCUT2D eigenvalue weighted by molar-refractivity contribution is -0.122. The van der Waals surface area contributed by atoms with E-state index in [1.807, 2.05) is 55.5 Å².